The van der Waals surface area contributed by atoms with Crippen LogP contribution >= 0.6 is 11.3 Å². The number of nitriles is 1. The number of nitrogens with zero attached hydrogens (tertiary/aromatic N) is 4. The first kappa shape index (κ1) is 17.7. The maximum atomic E-state index is 8.84. The van der Waals surface area contributed by atoms with Gasteiger partial charge in [-0.15, -0.1) is 11.3 Å². The number of thiazole rings is 1. The van der Waals surface area contributed by atoms with E-state index in [9.17, 15) is 0 Å². The fraction of sp³-hybridized carbons (Fsp3) is 0.350. The highest BCUT2D eigenvalue weighted by Crippen LogP contribution is 2.34. The molecule has 1 aliphatic heterocycles. The number of hydrogen-bond donors (Lipinski definition) is 1. The molecule has 1 saturated heterocycles. The highest BCUT2D eigenvalue weighted by Gasteiger charge is 2.26. The van der Waals surface area contributed by atoms with E-state index < -0.39 is 0 Å². The van der Waals surface area contributed by atoms with Gasteiger partial charge in [-0.25, -0.2) is 9.97 Å². The summed E-state index contributed by atoms with van der Waals surface area (Å²) < 4.78 is 5.77. The van der Waals surface area contributed by atoms with E-state index in [1.165, 1.54) is 12.8 Å². The Morgan fingerprint density at radius 3 is 3.00 bits per heavy atom. The number of hydrogen-bond acceptors (Lipinski definition) is 7. The van der Waals surface area contributed by atoms with Gasteiger partial charge in [-0.2, -0.15) is 5.26 Å². The largest absolute Gasteiger partial charge is 0.465 e. The van der Waals surface area contributed by atoms with Crippen molar-refractivity contribution in [3.8, 4) is 6.07 Å². The van der Waals surface area contributed by atoms with Crippen LogP contribution in [-0.2, 0) is 6.54 Å². The molecule has 138 valence electrons. The average molecular weight is 379 g/mol. The first-order valence-electron chi connectivity index (χ1n) is 9.09. The number of rotatable bonds is 5. The van der Waals surface area contributed by atoms with Crippen molar-refractivity contribution >= 4 is 22.2 Å². The summed E-state index contributed by atoms with van der Waals surface area (Å²) in [6.45, 7) is 3.86. The van der Waals surface area contributed by atoms with Gasteiger partial charge in [0.15, 0.2) is 5.13 Å². The summed E-state index contributed by atoms with van der Waals surface area (Å²) in [6, 6.07) is 9.97. The van der Waals surface area contributed by atoms with Crippen molar-refractivity contribution in [3.63, 3.8) is 0 Å². The average Bonchev–Trinajstić information content (AvgIpc) is 3.32. The number of pyridine rings is 1. The Labute approximate surface area is 162 Å². The smallest absolute Gasteiger partial charge is 0.187 e. The van der Waals surface area contributed by atoms with Gasteiger partial charge in [0.2, 0.25) is 0 Å². The van der Waals surface area contributed by atoms with Gasteiger partial charge in [-0.1, -0.05) is 6.42 Å². The van der Waals surface area contributed by atoms with Crippen LogP contribution < -0.4 is 5.32 Å². The van der Waals surface area contributed by atoms with E-state index in [1.54, 1.807) is 23.6 Å². The molecule has 3 aromatic heterocycles. The standard InChI is InChI=1S/C20H21N5OS/c1-14-5-8-17(26-14)12-25-9-3-2-4-19(25)18-13-27-20(24-18)23-16-7-6-15(10-21)22-11-16/h5-8,11,13,19H,2-4,9,12H2,1H3,(H,23,24)/t19-/m1/s1. The van der Waals surface area contributed by atoms with Gasteiger partial charge in [0, 0.05) is 5.38 Å². The van der Waals surface area contributed by atoms with Crippen molar-refractivity contribution in [2.75, 3.05) is 11.9 Å². The summed E-state index contributed by atoms with van der Waals surface area (Å²) in [4.78, 5) is 11.4. The number of piperidine rings is 1. The Morgan fingerprint density at radius 2 is 2.26 bits per heavy atom. The SMILES string of the molecule is Cc1ccc(CN2CCCC[C@@H]2c2csc(Nc3ccc(C#N)nc3)n2)o1. The minimum absolute atomic E-state index is 0.315. The third-order valence-corrected chi connectivity index (χ3v) is 5.54. The van der Waals surface area contributed by atoms with E-state index in [2.05, 4.69) is 26.6 Å². The lowest BCUT2D eigenvalue weighted by Gasteiger charge is -2.34. The molecule has 4 heterocycles. The molecule has 0 unspecified atom stereocenters. The Morgan fingerprint density at radius 1 is 1.33 bits per heavy atom. The zero-order valence-electron chi connectivity index (χ0n) is 15.2. The molecule has 27 heavy (non-hydrogen) atoms. The molecular weight excluding hydrogens is 358 g/mol. The van der Waals surface area contributed by atoms with Gasteiger partial charge in [0.25, 0.3) is 0 Å². The van der Waals surface area contributed by atoms with E-state index in [1.807, 2.05) is 25.1 Å². The van der Waals surface area contributed by atoms with Crippen molar-refractivity contribution < 1.29 is 4.42 Å². The molecule has 0 aliphatic carbocycles. The highest BCUT2D eigenvalue weighted by molar-refractivity contribution is 7.13. The Balaban J connectivity index is 1.47. The predicted octanol–water partition coefficient (Wildman–Crippen LogP) is 4.78. The zero-order chi connectivity index (χ0) is 18.6. The Bertz CT molecular complexity index is 940. The Kier molecular flexibility index (Phi) is 5.19. The normalized spacial score (nSPS) is 17.6. The van der Waals surface area contributed by atoms with Crippen molar-refractivity contribution in [2.45, 2.75) is 38.8 Å². The molecule has 1 fully saturated rings. The quantitative estimate of drug-likeness (QED) is 0.687. The monoisotopic (exact) mass is 379 g/mol. The van der Waals surface area contributed by atoms with Crippen molar-refractivity contribution in [2.24, 2.45) is 0 Å². The number of aromatic nitrogens is 2. The molecule has 3 aromatic rings. The van der Waals surface area contributed by atoms with Crippen LogP contribution in [0.3, 0.4) is 0 Å². The number of aryl methyl sites for hydroxylation is 1. The third-order valence-electron chi connectivity index (χ3n) is 4.76. The zero-order valence-corrected chi connectivity index (χ0v) is 16.0. The van der Waals surface area contributed by atoms with Gasteiger partial charge >= 0.3 is 0 Å². The fourth-order valence-corrected chi connectivity index (χ4v) is 4.22. The molecule has 1 N–H and O–H groups in total. The van der Waals surface area contributed by atoms with E-state index >= 15 is 0 Å². The number of nitrogens with one attached hydrogen (secondary N) is 1. The molecule has 0 spiro atoms. The number of likely N-dealkylation sites (tertiary alicyclic amines) is 1. The van der Waals surface area contributed by atoms with Crippen LogP contribution in [0.25, 0.3) is 0 Å². The lowest BCUT2D eigenvalue weighted by atomic mass is 10.00. The molecular formula is C20H21N5OS. The molecule has 6 nitrogen and oxygen atoms in total. The highest BCUT2D eigenvalue weighted by atomic mass is 32.1. The molecule has 1 aliphatic rings. The Hall–Kier alpha value is -2.69. The molecule has 4 rings (SSSR count). The number of furan rings is 1. The maximum Gasteiger partial charge on any atom is 0.187 e. The molecule has 0 radical (unpaired) electrons. The molecule has 7 heteroatoms. The summed E-state index contributed by atoms with van der Waals surface area (Å²) in [5.74, 6) is 1.96. The van der Waals surface area contributed by atoms with Gasteiger partial charge in [0.05, 0.1) is 30.2 Å². The second kappa shape index (κ2) is 7.91. The number of anilines is 2. The first-order chi connectivity index (χ1) is 13.2. The lowest BCUT2D eigenvalue weighted by Crippen LogP contribution is -2.33. The molecule has 0 aromatic carbocycles. The first-order valence-corrected chi connectivity index (χ1v) is 9.97. The van der Waals surface area contributed by atoms with E-state index in [4.69, 9.17) is 14.7 Å². The van der Waals surface area contributed by atoms with E-state index in [-0.39, 0.29) is 0 Å². The van der Waals surface area contributed by atoms with Crippen LogP contribution in [0.4, 0.5) is 10.8 Å². The summed E-state index contributed by atoms with van der Waals surface area (Å²) >= 11 is 1.60. The summed E-state index contributed by atoms with van der Waals surface area (Å²) in [5.41, 5.74) is 2.35. The van der Waals surface area contributed by atoms with Crippen LogP contribution in [0, 0.1) is 18.3 Å². The topological polar surface area (TPSA) is 78.0 Å². The molecule has 1 atom stereocenters. The molecule has 0 saturated carbocycles. The van der Waals surface area contributed by atoms with Crippen LogP contribution in [-0.4, -0.2) is 21.4 Å². The second-order valence-electron chi connectivity index (χ2n) is 6.74. The maximum absolute atomic E-state index is 8.84. The van der Waals surface area contributed by atoms with E-state index in [0.29, 0.717) is 11.7 Å². The van der Waals surface area contributed by atoms with Gasteiger partial charge in [-0.3, -0.25) is 4.90 Å². The van der Waals surface area contributed by atoms with Crippen LogP contribution in [0.15, 0.2) is 40.3 Å². The summed E-state index contributed by atoms with van der Waals surface area (Å²) in [5, 5.41) is 15.1. The fourth-order valence-electron chi connectivity index (χ4n) is 3.44. The second-order valence-corrected chi connectivity index (χ2v) is 7.60. The molecule has 0 bridgehead atoms. The van der Waals surface area contributed by atoms with Crippen molar-refractivity contribution in [1.29, 1.82) is 5.26 Å². The minimum Gasteiger partial charge on any atom is -0.465 e. The van der Waals surface area contributed by atoms with Crippen LogP contribution in [0.5, 0.6) is 0 Å². The molecule has 0 amide bonds. The van der Waals surface area contributed by atoms with Crippen LogP contribution in [0.2, 0.25) is 0 Å². The minimum atomic E-state index is 0.315. The van der Waals surface area contributed by atoms with Gasteiger partial charge < -0.3 is 9.73 Å². The van der Waals surface area contributed by atoms with Crippen molar-refractivity contribution in [3.05, 3.63) is 58.8 Å². The lowest BCUT2D eigenvalue weighted by molar-refractivity contribution is 0.127. The summed E-state index contributed by atoms with van der Waals surface area (Å²) in [6.07, 6.45) is 5.20. The van der Waals surface area contributed by atoms with Gasteiger partial charge in [0.1, 0.15) is 23.3 Å². The summed E-state index contributed by atoms with van der Waals surface area (Å²) in [7, 11) is 0. The van der Waals surface area contributed by atoms with Gasteiger partial charge in [-0.05, 0) is 50.6 Å². The van der Waals surface area contributed by atoms with Crippen LogP contribution in [0.1, 0.15) is 48.2 Å². The predicted molar refractivity (Wildman–Crippen MR) is 105 cm³/mol. The third kappa shape index (κ3) is 4.18. The van der Waals surface area contributed by atoms with E-state index in [0.717, 1.165) is 47.5 Å². The van der Waals surface area contributed by atoms with Crippen molar-refractivity contribution in [1.82, 2.24) is 14.9 Å².